The van der Waals surface area contributed by atoms with Crippen LogP contribution in [0.5, 0.6) is 0 Å². The van der Waals surface area contributed by atoms with E-state index in [0.717, 1.165) is 19.6 Å². The molecule has 2 aromatic rings. The maximum Gasteiger partial charge on any atom is 0.174 e. The minimum Gasteiger partial charge on any atom is -0.263 e. The van der Waals surface area contributed by atoms with Crippen molar-refractivity contribution in [3.05, 3.63) is 33.5 Å². The van der Waals surface area contributed by atoms with Gasteiger partial charge < -0.3 is 0 Å². The molecule has 0 saturated heterocycles. The van der Waals surface area contributed by atoms with Crippen molar-refractivity contribution >= 4 is 39.0 Å². The highest BCUT2D eigenvalue weighted by molar-refractivity contribution is 9.10. The van der Waals surface area contributed by atoms with Crippen molar-refractivity contribution in [3.63, 3.8) is 0 Å². The van der Waals surface area contributed by atoms with Gasteiger partial charge in [0.25, 0.3) is 0 Å². The minimum atomic E-state index is 0.876. The number of pyridine rings is 1. The fraction of sp³-hybridized carbons (Fsp3) is 0.222. The number of rotatable bonds is 3. The van der Waals surface area contributed by atoms with Gasteiger partial charge in [0.05, 0.1) is 0 Å². The molecule has 2 aromatic heterocycles. The molecule has 0 unspecified atom stereocenters. The Balaban J connectivity index is 1.99. The van der Waals surface area contributed by atoms with Crippen LogP contribution in [-0.2, 0) is 5.75 Å². The average Bonchev–Trinajstić information content (AvgIpc) is 2.62. The Labute approximate surface area is 104 Å². The average molecular weight is 302 g/mol. The van der Waals surface area contributed by atoms with E-state index >= 15 is 0 Å². The SMILES string of the molecule is Cc1nnc(SCc2cncc(Br)c2)s1. The molecule has 0 aliphatic carbocycles. The van der Waals surface area contributed by atoms with Gasteiger partial charge in [0.1, 0.15) is 5.01 Å². The van der Waals surface area contributed by atoms with Crippen LogP contribution in [-0.4, -0.2) is 15.2 Å². The second-order valence-electron chi connectivity index (χ2n) is 2.89. The van der Waals surface area contributed by atoms with Crippen molar-refractivity contribution in [1.29, 1.82) is 0 Å². The largest absolute Gasteiger partial charge is 0.263 e. The Bertz CT molecular complexity index is 458. The van der Waals surface area contributed by atoms with Crippen LogP contribution < -0.4 is 0 Å². The van der Waals surface area contributed by atoms with Gasteiger partial charge in [0.2, 0.25) is 0 Å². The molecule has 0 saturated carbocycles. The van der Waals surface area contributed by atoms with Gasteiger partial charge in [-0.15, -0.1) is 10.2 Å². The predicted molar refractivity (Wildman–Crippen MR) is 66.1 cm³/mol. The summed E-state index contributed by atoms with van der Waals surface area (Å²) in [6.07, 6.45) is 3.65. The molecule has 0 amide bonds. The van der Waals surface area contributed by atoms with Gasteiger partial charge in [0.15, 0.2) is 4.34 Å². The number of aromatic nitrogens is 3. The molecular weight excluding hydrogens is 294 g/mol. The summed E-state index contributed by atoms with van der Waals surface area (Å²) in [6, 6.07) is 2.06. The Morgan fingerprint density at radius 2 is 2.27 bits per heavy atom. The van der Waals surface area contributed by atoms with Gasteiger partial charge in [-0.05, 0) is 34.5 Å². The molecule has 0 N–H and O–H groups in total. The molecule has 2 heterocycles. The maximum atomic E-state index is 4.11. The van der Waals surface area contributed by atoms with Crippen molar-refractivity contribution in [2.45, 2.75) is 17.0 Å². The highest BCUT2D eigenvalue weighted by atomic mass is 79.9. The first-order valence-electron chi connectivity index (χ1n) is 4.26. The molecular formula is C9H8BrN3S2. The van der Waals surface area contributed by atoms with E-state index in [0.29, 0.717) is 0 Å². The molecule has 0 aliphatic rings. The molecule has 78 valence electrons. The van der Waals surface area contributed by atoms with Crippen LogP contribution in [0.15, 0.2) is 27.3 Å². The Hall–Kier alpha value is -0.460. The quantitative estimate of drug-likeness (QED) is 0.816. The van der Waals surface area contributed by atoms with Crippen LogP contribution >= 0.6 is 39.0 Å². The second kappa shape index (κ2) is 5.05. The Morgan fingerprint density at radius 3 is 2.93 bits per heavy atom. The Kier molecular flexibility index (Phi) is 3.71. The van der Waals surface area contributed by atoms with E-state index < -0.39 is 0 Å². The summed E-state index contributed by atoms with van der Waals surface area (Å²) in [5.41, 5.74) is 1.18. The van der Waals surface area contributed by atoms with Crippen molar-refractivity contribution < 1.29 is 0 Å². The summed E-state index contributed by atoms with van der Waals surface area (Å²) in [6.45, 7) is 1.96. The molecule has 0 spiro atoms. The molecule has 3 nitrogen and oxygen atoms in total. The maximum absolute atomic E-state index is 4.11. The molecule has 0 bridgehead atoms. The molecule has 6 heteroatoms. The zero-order valence-electron chi connectivity index (χ0n) is 7.98. The number of hydrogen-bond donors (Lipinski definition) is 0. The fourth-order valence-electron chi connectivity index (χ4n) is 1.02. The summed E-state index contributed by atoms with van der Waals surface area (Å²) in [5.74, 6) is 0.876. The first-order valence-corrected chi connectivity index (χ1v) is 6.86. The number of nitrogens with zero attached hydrogens (tertiary/aromatic N) is 3. The van der Waals surface area contributed by atoms with Gasteiger partial charge in [-0.25, -0.2) is 0 Å². The van der Waals surface area contributed by atoms with E-state index in [1.165, 1.54) is 5.56 Å². The van der Waals surface area contributed by atoms with Crippen LogP contribution in [0.3, 0.4) is 0 Å². The lowest BCUT2D eigenvalue weighted by Gasteiger charge is -1.98. The first kappa shape index (κ1) is 11.0. The number of halogens is 1. The molecule has 15 heavy (non-hydrogen) atoms. The smallest absolute Gasteiger partial charge is 0.174 e. The zero-order chi connectivity index (χ0) is 10.7. The topological polar surface area (TPSA) is 38.7 Å². The highest BCUT2D eigenvalue weighted by Crippen LogP contribution is 2.25. The molecule has 0 aliphatic heterocycles. The van der Waals surface area contributed by atoms with Gasteiger partial charge in [0, 0.05) is 22.6 Å². The second-order valence-corrected chi connectivity index (χ2v) is 6.21. The summed E-state index contributed by atoms with van der Waals surface area (Å²) >= 11 is 6.70. The lowest BCUT2D eigenvalue weighted by atomic mass is 10.3. The van der Waals surface area contributed by atoms with Crippen molar-refractivity contribution in [1.82, 2.24) is 15.2 Å². The van der Waals surface area contributed by atoms with Gasteiger partial charge >= 0.3 is 0 Å². The monoisotopic (exact) mass is 301 g/mol. The van der Waals surface area contributed by atoms with Gasteiger partial charge in [-0.1, -0.05) is 23.1 Å². The zero-order valence-corrected chi connectivity index (χ0v) is 11.2. The normalized spacial score (nSPS) is 10.5. The van der Waals surface area contributed by atoms with Gasteiger partial charge in [-0.3, -0.25) is 4.98 Å². The number of thioether (sulfide) groups is 1. The van der Waals surface area contributed by atoms with Gasteiger partial charge in [-0.2, -0.15) is 0 Å². The van der Waals surface area contributed by atoms with E-state index in [1.54, 1.807) is 29.3 Å². The van der Waals surface area contributed by atoms with Crippen molar-refractivity contribution in [2.24, 2.45) is 0 Å². The lowest BCUT2D eigenvalue weighted by Crippen LogP contribution is -1.82. The highest BCUT2D eigenvalue weighted by Gasteiger charge is 2.02. The minimum absolute atomic E-state index is 0.876. The van der Waals surface area contributed by atoms with Crippen LogP contribution in [0, 0.1) is 6.92 Å². The Morgan fingerprint density at radius 1 is 1.40 bits per heavy atom. The number of hydrogen-bond acceptors (Lipinski definition) is 5. The summed E-state index contributed by atoms with van der Waals surface area (Å²) in [7, 11) is 0. The van der Waals surface area contributed by atoms with E-state index in [4.69, 9.17) is 0 Å². The summed E-state index contributed by atoms with van der Waals surface area (Å²) < 4.78 is 2.02. The van der Waals surface area contributed by atoms with Crippen molar-refractivity contribution in [2.75, 3.05) is 0 Å². The van der Waals surface area contributed by atoms with Crippen molar-refractivity contribution in [3.8, 4) is 0 Å². The van der Waals surface area contributed by atoms with Crippen LogP contribution in [0.25, 0.3) is 0 Å². The number of aryl methyl sites for hydroxylation is 1. The van der Waals surface area contributed by atoms with Crippen LogP contribution in [0.2, 0.25) is 0 Å². The van der Waals surface area contributed by atoms with E-state index in [-0.39, 0.29) is 0 Å². The summed E-state index contributed by atoms with van der Waals surface area (Å²) in [4.78, 5) is 4.11. The van der Waals surface area contributed by atoms with E-state index in [2.05, 4.69) is 37.2 Å². The molecule has 0 radical (unpaired) electrons. The molecule has 0 fully saturated rings. The predicted octanol–water partition coefficient (Wildman–Crippen LogP) is 3.30. The molecule has 0 atom stereocenters. The van der Waals surface area contributed by atoms with Crippen LogP contribution in [0.1, 0.15) is 10.6 Å². The third-order valence-corrected chi connectivity index (χ3v) is 4.11. The van der Waals surface area contributed by atoms with Crippen LogP contribution in [0.4, 0.5) is 0 Å². The van der Waals surface area contributed by atoms with E-state index in [1.807, 2.05) is 13.1 Å². The van der Waals surface area contributed by atoms with E-state index in [9.17, 15) is 0 Å². The third kappa shape index (κ3) is 3.25. The third-order valence-electron chi connectivity index (χ3n) is 1.63. The standard InChI is InChI=1S/C9H8BrN3S2/c1-6-12-13-9(15-6)14-5-7-2-8(10)4-11-3-7/h2-4H,5H2,1H3. The first-order chi connectivity index (χ1) is 7.24. The summed E-state index contributed by atoms with van der Waals surface area (Å²) in [5, 5.41) is 9.03. The lowest BCUT2D eigenvalue weighted by molar-refractivity contribution is 0.983. The molecule has 2 rings (SSSR count). The molecule has 0 aromatic carbocycles. The fourth-order valence-corrected chi connectivity index (χ4v) is 3.17.